The lowest BCUT2D eigenvalue weighted by molar-refractivity contribution is 0.0527. The van der Waals surface area contributed by atoms with Crippen LogP contribution in [-0.2, 0) is 4.74 Å². The van der Waals surface area contributed by atoms with Gasteiger partial charge in [0.2, 0.25) is 0 Å². The lowest BCUT2D eigenvalue weighted by atomic mass is 10.1. The van der Waals surface area contributed by atoms with Gasteiger partial charge >= 0.3 is 5.97 Å². The molecule has 0 amide bonds. The fraction of sp³-hybridized carbons (Fsp3) is 0.250. The van der Waals surface area contributed by atoms with Gasteiger partial charge in [-0.05, 0) is 57.5 Å². The third-order valence-electron chi connectivity index (χ3n) is 4.26. The lowest BCUT2D eigenvalue weighted by Gasteiger charge is -2.12. The Morgan fingerprint density at radius 1 is 1.12 bits per heavy atom. The van der Waals surface area contributed by atoms with Gasteiger partial charge in [0.1, 0.15) is 5.75 Å². The number of nitrogens with zero attached hydrogens (tertiary/aromatic N) is 1. The average molecular weight is 323 g/mol. The number of phenols is 1. The van der Waals surface area contributed by atoms with Crippen LogP contribution in [0.15, 0.2) is 36.4 Å². The number of carbonyl (C=O) groups excluding carboxylic acids is 1. The Hall–Kier alpha value is -2.75. The maximum Gasteiger partial charge on any atom is 0.340 e. The van der Waals surface area contributed by atoms with Crippen molar-refractivity contribution in [3.05, 3.63) is 58.8 Å². The number of ether oxygens (including phenoxy) is 1. The Labute approximate surface area is 141 Å². The molecule has 3 rings (SSSR count). The van der Waals surface area contributed by atoms with Gasteiger partial charge in [0.15, 0.2) is 0 Å². The van der Waals surface area contributed by atoms with Crippen LogP contribution in [0.1, 0.15) is 34.1 Å². The lowest BCUT2D eigenvalue weighted by Crippen LogP contribution is -2.07. The van der Waals surface area contributed by atoms with Crippen molar-refractivity contribution in [2.75, 3.05) is 6.61 Å². The molecular weight excluding hydrogens is 302 g/mol. The summed E-state index contributed by atoms with van der Waals surface area (Å²) in [7, 11) is 0. The number of esters is 1. The van der Waals surface area contributed by atoms with E-state index in [1.165, 1.54) is 5.56 Å². The molecule has 3 aromatic rings. The van der Waals surface area contributed by atoms with E-state index >= 15 is 0 Å². The molecule has 1 aromatic heterocycles. The van der Waals surface area contributed by atoms with E-state index in [9.17, 15) is 9.90 Å². The summed E-state index contributed by atoms with van der Waals surface area (Å²) in [6.45, 7) is 8.11. The van der Waals surface area contributed by atoms with Gasteiger partial charge in [0, 0.05) is 16.8 Å². The van der Waals surface area contributed by atoms with Crippen LogP contribution in [0.3, 0.4) is 0 Å². The van der Waals surface area contributed by atoms with Crippen molar-refractivity contribution in [3.8, 4) is 11.4 Å². The van der Waals surface area contributed by atoms with Crippen LogP contribution in [0.2, 0.25) is 0 Å². The quantitative estimate of drug-likeness (QED) is 0.725. The number of aromatic nitrogens is 1. The number of fused-ring (bicyclic) bond motifs is 1. The van der Waals surface area contributed by atoms with E-state index < -0.39 is 0 Å². The second-order valence-electron chi connectivity index (χ2n) is 6.01. The highest BCUT2D eigenvalue weighted by Crippen LogP contribution is 2.33. The summed E-state index contributed by atoms with van der Waals surface area (Å²) in [6, 6.07) is 11.3. The normalized spacial score (nSPS) is 11.0. The molecule has 1 N–H and O–H groups in total. The summed E-state index contributed by atoms with van der Waals surface area (Å²) in [5.41, 5.74) is 5.51. The minimum absolute atomic E-state index is 0.130. The van der Waals surface area contributed by atoms with Crippen LogP contribution < -0.4 is 0 Å². The molecule has 0 aliphatic rings. The molecule has 24 heavy (non-hydrogen) atoms. The summed E-state index contributed by atoms with van der Waals surface area (Å²) in [5, 5.41) is 10.6. The van der Waals surface area contributed by atoms with Crippen LogP contribution in [0.4, 0.5) is 0 Å². The second-order valence-corrected chi connectivity index (χ2v) is 6.01. The molecule has 1 heterocycles. The predicted molar refractivity (Wildman–Crippen MR) is 95.1 cm³/mol. The van der Waals surface area contributed by atoms with E-state index in [1.54, 1.807) is 19.1 Å². The molecule has 0 saturated carbocycles. The zero-order chi connectivity index (χ0) is 17.4. The summed E-state index contributed by atoms with van der Waals surface area (Å²) in [6.07, 6.45) is 0. The Morgan fingerprint density at radius 3 is 2.54 bits per heavy atom. The first kappa shape index (κ1) is 16.1. The molecule has 0 aliphatic heterocycles. The van der Waals surface area contributed by atoms with Gasteiger partial charge in [0.25, 0.3) is 0 Å². The van der Waals surface area contributed by atoms with Crippen molar-refractivity contribution < 1.29 is 14.6 Å². The Morgan fingerprint density at radius 2 is 1.88 bits per heavy atom. The van der Waals surface area contributed by atoms with Crippen LogP contribution >= 0.6 is 0 Å². The minimum atomic E-state index is -0.367. The van der Waals surface area contributed by atoms with Crippen LogP contribution in [0.25, 0.3) is 16.6 Å². The predicted octanol–water partition coefficient (Wildman–Crippen LogP) is 4.44. The van der Waals surface area contributed by atoms with Crippen LogP contribution in [0.5, 0.6) is 5.75 Å². The van der Waals surface area contributed by atoms with Crippen molar-refractivity contribution in [2.45, 2.75) is 27.7 Å². The fourth-order valence-electron chi connectivity index (χ4n) is 3.23. The molecule has 0 spiro atoms. The van der Waals surface area contributed by atoms with Crippen molar-refractivity contribution in [2.24, 2.45) is 0 Å². The summed E-state index contributed by atoms with van der Waals surface area (Å²) < 4.78 is 7.27. The van der Waals surface area contributed by atoms with Gasteiger partial charge in [-0.25, -0.2) is 4.79 Å². The molecule has 0 fully saturated rings. The number of hydrogen-bond acceptors (Lipinski definition) is 3. The summed E-state index contributed by atoms with van der Waals surface area (Å²) in [4.78, 5) is 12.5. The largest absolute Gasteiger partial charge is 0.508 e. The number of carbonyl (C=O) groups is 1. The molecular formula is C20H21NO3. The van der Waals surface area contributed by atoms with Crippen LogP contribution in [-0.4, -0.2) is 22.2 Å². The highest BCUT2D eigenvalue weighted by molar-refractivity contribution is 6.07. The Bertz CT molecular complexity index is 938. The third-order valence-corrected chi connectivity index (χ3v) is 4.26. The molecule has 0 atom stereocenters. The number of phenolic OH excluding ortho intramolecular Hbond substituents is 1. The highest BCUT2D eigenvalue weighted by atomic mass is 16.5. The van der Waals surface area contributed by atoms with Gasteiger partial charge in [-0.1, -0.05) is 17.7 Å². The van der Waals surface area contributed by atoms with E-state index in [1.807, 2.05) is 13.0 Å². The first-order valence-electron chi connectivity index (χ1n) is 8.02. The van der Waals surface area contributed by atoms with Gasteiger partial charge in [-0.15, -0.1) is 0 Å². The maximum absolute atomic E-state index is 12.5. The number of rotatable bonds is 3. The van der Waals surface area contributed by atoms with Gasteiger partial charge in [-0.2, -0.15) is 0 Å². The van der Waals surface area contributed by atoms with E-state index in [-0.39, 0.29) is 11.7 Å². The molecule has 4 nitrogen and oxygen atoms in total. The Balaban J connectivity index is 2.36. The Kier molecular flexibility index (Phi) is 4.06. The van der Waals surface area contributed by atoms with Gasteiger partial charge < -0.3 is 14.4 Å². The molecule has 0 bridgehead atoms. The second kappa shape index (κ2) is 6.04. The van der Waals surface area contributed by atoms with Crippen molar-refractivity contribution in [1.82, 2.24) is 4.57 Å². The van der Waals surface area contributed by atoms with Crippen LogP contribution in [0, 0.1) is 20.8 Å². The topological polar surface area (TPSA) is 51.5 Å². The standard InChI is InChI=1S/C20H21NO3/c1-5-24-20(23)19-14(4)21(17-8-6-12(2)10-13(17)3)18-9-7-15(22)11-16(18)19/h6-11,22H,5H2,1-4H3. The summed E-state index contributed by atoms with van der Waals surface area (Å²) in [5.74, 6) is -0.236. The molecule has 2 aromatic carbocycles. The van der Waals surface area contributed by atoms with Gasteiger partial charge in [0.05, 0.1) is 17.7 Å². The molecule has 124 valence electrons. The molecule has 0 unspecified atom stereocenters. The van der Waals surface area contributed by atoms with E-state index in [0.717, 1.165) is 22.5 Å². The zero-order valence-electron chi connectivity index (χ0n) is 14.4. The van der Waals surface area contributed by atoms with Crippen molar-refractivity contribution in [3.63, 3.8) is 0 Å². The number of aromatic hydroxyl groups is 1. The van der Waals surface area contributed by atoms with Gasteiger partial charge in [-0.3, -0.25) is 0 Å². The molecule has 0 aliphatic carbocycles. The minimum Gasteiger partial charge on any atom is -0.508 e. The summed E-state index contributed by atoms with van der Waals surface area (Å²) >= 11 is 0. The smallest absolute Gasteiger partial charge is 0.340 e. The first-order valence-corrected chi connectivity index (χ1v) is 8.02. The maximum atomic E-state index is 12.5. The average Bonchev–Trinajstić information content (AvgIpc) is 2.79. The fourth-order valence-corrected chi connectivity index (χ4v) is 3.23. The van der Waals surface area contributed by atoms with Crippen molar-refractivity contribution in [1.29, 1.82) is 0 Å². The first-order chi connectivity index (χ1) is 11.4. The molecule has 0 radical (unpaired) electrons. The molecule has 0 saturated heterocycles. The number of hydrogen-bond donors (Lipinski definition) is 1. The highest BCUT2D eigenvalue weighted by Gasteiger charge is 2.22. The molecule has 4 heteroatoms. The van der Waals surface area contributed by atoms with Crippen molar-refractivity contribution >= 4 is 16.9 Å². The van der Waals surface area contributed by atoms with E-state index in [0.29, 0.717) is 17.6 Å². The SMILES string of the molecule is CCOC(=O)c1c(C)n(-c2ccc(C)cc2C)c2ccc(O)cc12. The monoisotopic (exact) mass is 323 g/mol. The van der Waals surface area contributed by atoms with E-state index in [2.05, 4.69) is 36.6 Å². The number of benzene rings is 2. The van der Waals surface area contributed by atoms with E-state index in [4.69, 9.17) is 4.74 Å². The zero-order valence-corrected chi connectivity index (χ0v) is 14.4. The number of aryl methyl sites for hydroxylation is 2. The third kappa shape index (κ3) is 2.54.